The van der Waals surface area contributed by atoms with Crippen LogP contribution in [0.25, 0.3) is 5.70 Å². The molecule has 0 unspecified atom stereocenters. The molecule has 2 aromatic rings. The Labute approximate surface area is 163 Å². The molecule has 0 radical (unpaired) electrons. The summed E-state index contributed by atoms with van der Waals surface area (Å²) >= 11 is 0. The second kappa shape index (κ2) is 9.12. The molecule has 7 heteroatoms. The number of allylic oxidation sites excluding steroid dienone is 4. The molecule has 0 fully saturated rings. The molecule has 0 saturated heterocycles. The molecule has 3 rings (SSSR count). The van der Waals surface area contributed by atoms with Gasteiger partial charge in [0.1, 0.15) is 5.83 Å². The van der Waals surface area contributed by atoms with E-state index in [1.54, 1.807) is 0 Å². The van der Waals surface area contributed by atoms with Crippen LogP contribution in [0.1, 0.15) is 31.2 Å². The smallest absolute Gasteiger partial charge is 0.351 e. The van der Waals surface area contributed by atoms with Crippen LogP contribution in [-0.2, 0) is 6.54 Å². The van der Waals surface area contributed by atoms with Crippen molar-refractivity contribution in [1.29, 1.82) is 0 Å². The van der Waals surface area contributed by atoms with Gasteiger partial charge >= 0.3 is 5.69 Å². The second-order valence-electron chi connectivity index (χ2n) is 6.45. The Hall–Kier alpha value is -3.22. The lowest BCUT2D eigenvalue weighted by molar-refractivity contribution is 0.651. The third kappa shape index (κ3) is 4.36. The van der Waals surface area contributed by atoms with Gasteiger partial charge in [-0.15, -0.1) is 5.10 Å². The highest BCUT2D eigenvalue weighted by atomic mass is 19.1. The van der Waals surface area contributed by atoms with E-state index < -0.39 is 5.83 Å². The van der Waals surface area contributed by atoms with Crippen molar-refractivity contribution in [3.8, 4) is 0 Å². The van der Waals surface area contributed by atoms with Crippen molar-refractivity contribution in [2.45, 2.75) is 26.3 Å². The van der Waals surface area contributed by atoms with Crippen molar-refractivity contribution in [3.63, 3.8) is 0 Å². The van der Waals surface area contributed by atoms with Gasteiger partial charge < -0.3 is 5.32 Å². The van der Waals surface area contributed by atoms with Gasteiger partial charge in [-0.25, -0.2) is 18.4 Å². The number of nitrogens with one attached hydrogen (secondary N) is 1. The number of amidine groups is 1. The standard InChI is InChI=1S/C21H24FN5O/c1-3-5-12-23-19-20-25-26(15-16-10-7-6-8-11-16)21(28)27(20)18(14-24-19)13-17(22)9-4-2/h4,6-11,13H,2-3,5,12,14-15H2,1H3,(H,23,24)/b17-9+,18-13+. The molecular weight excluding hydrogens is 357 g/mol. The maximum atomic E-state index is 14.0. The first-order valence-corrected chi connectivity index (χ1v) is 9.35. The molecule has 0 atom stereocenters. The van der Waals surface area contributed by atoms with Crippen LogP contribution in [0.3, 0.4) is 0 Å². The summed E-state index contributed by atoms with van der Waals surface area (Å²) in [4.78, 5) is 17.5. The number of hydrogen-bond donors (Lipinski definition) is 1. The number of fused-ring (bicyclic) bond motifs is 1. The molecule has 1 aliphatic heterocycles. The maximum Gasteiger partial charge on any atom is 0.351 e. The second-order valence-corrected chi connectivity index (χ2v) is 6.45. The molecule has 1 N–H and O–H groups in total. The molecule has 0 saturated carbocycles. The van der Waals surface area contributed by atoms with Crippen LogP contribution in [-0.4, -0.2) is 33.3 Å². The average Bonchev–Trinajstić information content (AvgIpc) is 3.01. The summed E-state index contributed by atoms with van der Waals surface area (Å²) in [6.45, 7) is 6.85. The molecule has 0 bridgehead atoms. The zero-order valence-electron chi connectivity index (χ0n) is 15.9. The highest BCUT2D eigenvalue weighted by Crippen LogP contribution is 2.16. The number of nitrogens with zero attached hydrogens (tertiary/aromatic N) is 4. The minimum Gasteiger partial charge on any atom is -0.367 e. The minimum absolute atomic E-state index is 0.191. The molecule has 0 amide bonds. The number of halogens is 1. The molecule has 6 nitrogen and oxygen atoms in total. The van der Waals surface area contributed by atoms with E-state index >= 15 is 0 Å². The SMILES string of the molecule is C=C/C=C(F)\C=C1/CN=C(NCCCC)c2nn(Cc3ccccc3)c(=O)n21. The Morgan fingerprint density at radius 2 is 2.14 bits per heavy atom. The van der Waals surface area contributed by atoms with Crippen LogP contribution in [0.5, 0.6) is 0 Å². The zero-order chi connectivity index (χ0) is 19.9. The van der Waals surface area contributed by atoms with Crippen LogP contribution in [0.15, 0.2) is 70.8 Å². The van der Waals surface area contributed by atoms with Gasteiger partial charge in [0.05, 0.1) is 18.8 Å². The third-order valence-electron chi connectivity index (χ3n) is 4.32. The first kappa shape index (κ1) is 19.5. The highest BCUT2D eigenvalue weighted by molar-refractivity contribution is 5.98. The van der Waals surface area contributed by atoms with Crippen molar-refractivity contribution in [2.24, 2.45) is 4.99 Å². The van der Waals surface area contributed by atoms with Crippen molar-refractivity contribution >= 4 is 11.5 Å². The molecule has 0 spiro atoms. The lowest BCUT2D eigenvalue weighted by Gasteiger charge is -2.17. The summed E-state index contributed by atoms with van der Waals surface area (Å²) in [5, 5.41) is 7.73. The largest absolute Gasteiger partial charge is 0.367 e. The van der Waals surface area contributed by atoms with Gasteiger partial charge in [-0.2, -0.15) is 0 Å². The van der Waals surface area contributed by atoms with Gasteiger partial charge in [-0.05, 0) is 24.1 Å². The Bertz CT molecular complexity index is 982. The number of aromatic nitrogens is 3. The van der Waals surface area contributed by atoms with Crippen molar-refractivity contribution in [3.05, 3.63) is 82.8 Å². The van der Waals surface area contributed by atoms with Crippen molar-refractivity contribution in [1.82, 2.24) is 19.7 Å². The molecule has 1 aromatic heterocycles. The monoisotopic (exact) mass is 381 g/mol. The van der Waals surface area contributed by atoms with Crippen LogP contribution in [0.2, 0.25) is 0 Å². The maximum absolute atomic E-state index is 14.0. The molecular formula is C21H24FN5O. The Morgan fingerprint density at radius 3 is 2.86 bits per heavy atom. The van der Waals surface area contributed by atoms with Crippen LogP contribution >= 0.6 is 0 Å². The van der Waals surface area contributed by atoms with Gasteiger partial charge in [-0.3, -0.25) is 4.99 Å². The van der Waals surface area contributed by atoms with E-state index in [0.29, 0.717) is 23.9 Å². The quantitative estimate of drug-likeness (QED) is 0.592. The Morgan fingerprint density at radius 1 is 1.36 bits per heavy atom. The predicted octanol–water partition coefficient (Wildman–Crippen LogP) is 3.12. The molecule has 1 aliphatic rings. The van der Waals surface area contributed by atoms with Crippen LogP contribution in [0, 0.1) is 0 Å². The Kier molecular flexibility index (Phi) is 6.37. The lowest BCUT2D eigenvalue weighted by Crippen LogP contribution is -2.35. The summed E-state index contributed by atoms with van der Waals surface area (Å²) in [5.74, 6) is 0.472. The number of hydrogen-bond acceptors (Lipinski definition) is 4. The topological polar surface area (TPSA) is 64.2 Å². The number of rotatable bonds is 7. The first-order valence-electron chi connectivity index (χ1n) is 9.35. The van der Waals surface area contributed by atoms with Crippen LogP contribution in [0.4, 0.5) is 4.39 Å². The summed E-state index contributed by atoms with van der Waals surface area (Å²) in [6, 6.07) is 9.61. The van der Waals surface area contributed by atoms with E-state index in [4.69, 9.17) is 0 Å². The molecule has 28 heavy (non-hydrogen) atoms. The average molecular weight is 381 g/mol. The fraction of sp³-hybridized carbons (Fsp3) is 0.286. The molecule has 2 heterocycles. The summed E-state index contributed by atoms with van der Waals surface area (Å²) in [5.41, 5.74) is 1.08. The normalized spacial score (nSPS) is 15.3. The third-order valence-corrected chi connectivity index (χ3v) is 4.32. The van der Waals surface area contributed by atoms with Crippen molar-refractivity contribution < 1.29 is 4.39 Å². The summed E-state index contributed by atoms with van der Waals surface area (Å²) in [7, 11) is 0. The number of benzene rings is 1. The van der Waals surface area contributed by atoms with E-state index in [9.17, 15) is 9.18 Å². The summed E-state index contributed by atoms with van der Waals surface area (Å²) in [6.07, 6.45) is 5.92. The van der Waals surface area contributed by atoms with E-state index in [0.717, 1.165) is 24.9 Å². The van der Waals surface area contributed by atoms with Gasteiger partial charge in [-0.1, -0.05) is 56.3 Å². The fourth-order valence-electron chi connectivity index (χ4n) is 2.93. The van der Waals surface area contributed by atoms with Gasteiger partial charge in [0.25, 0.3) is 0 Å². The molecule has 146 valence electrons. The number of aliphatic imine (C=N–C) groups is 1. The van der Waals surface area contributed by atoms with Crippen LogP contribution < -0.4 is 11.0 Å². The number of unbranched alkanes of at least 4 members (excludes halogenated alkanes) is 1. The van der Waals surface area contributed by atoms with E-state index in [1.807, 2.05) is 30.3 Å². The van der Waals surface area contributed by atoms with Gasteiger partial charge in [0, 0.05) is 6.54 Å². The molecule has 0 aliphatic carbocycles. The predicted molar refractivity (Wildman–Crippen MR) is 110 cm³/mol. The minimum atomic E-state index is -0.490. The fourth-order valence-corrected chi connectivity index (χ4v) is 2.93. The van der Waals surface area contributed by atoms with E-state index in [-0.39, 0.29) is 12.2 Å². The van der Waals surface area contributed by atoms with Gasteiger partial charge in [0.15, 0.2) is 5.84 Å². The zero-order valence-corrected chi connectivity index (χ0v) is 15.9. The highest BCUT2D eigenvalue weighted by Gasteiger charge is 2.24. The molecule has 1 aromatic carbocycles. The Balaban J connectivity index is 2.02. The van der Waals surface area contributed by atoms with Crippen molar-refractivity contribution in [2.75, 3.05) is 13.1 Å². The van der Waals surface area contributed by atoms with E-state index in [2.05, 4.69) is 28.9 Å². The van der Waals surface area contributed by atoms with E-state index in [1.165, 1.54) is 27.5 Å². The first-order chi connectivity index (χ1) is 13.6. The summed E-state index contributed by atoms with van der Waals surface area (Å²) < 4.78 is 16.8. The lowest BCUT2D eigenvalue weighted by atomic mass is 10.2. The van der Waals surface area contributed by atoms with Gasteiger partial charge in [0.2, 0.25) is 5.82 Å².